The number of methoxy groups -OCH3 is 1. The molecule has 2 aromatic rings. The smallest absolute Gasteiger partial charge is 0.246 e. The van der Waals surface area contributed by atoms with Crippen LogP contribution in [0.25, 0.3) is 6.08 Å². The van der Waals surface area contributed by atoms with E-state index in [1.807, 2.05) is 31.2 Å². The highest BCUT2D eigenvalue weighted by Gasteiger charge is 2.15. The van der Waals surface area contributed by atoms with Crippen molar-refractivity contribution in [2.24, 2.45) is 0 Å². The van der Waals surface area contributed by atoms with Gasteiger partial charge in [0.05, 0.1) is 13.2 Å². The maximum atomic E-state index is 12.9. The molecule has 1 amide bonds. The van der Waals surface area contributed by atoms with Crippen LogP contribution in [0, 0.1) is 5.82 Å². The molecule has 120 valence electrons. The number of benzene rings is 2. The minimum Gasteiger partial charge on any atom is -0.497 e. The second-order valence-electron chi connectivity index (χ2n) is 5.28. The number of likely N-dealkylation sites (N-methyl/N-ethyl adjacent to an activating group) is 1. The molecule has 0 aliphatic heterocycles. The normalized spacial score (nSPS) is 12.2. The van der Waals surface area contributed by atoms with Crippen molar-refractivity contribution >= 4 is 12.0 Å². The van der Waals surface area contributed by atoms with Crippen molar-refractivity contribution in [1.82, 2.24) is 4.90 Å². The van der Waals surface area contributed by atoms with Gasteiger partial charge in [0, 0.05) is 13.1 Å². The SMILES string of the molecule is COc1ccc(C(C)N(C)C(=O)/C=C/c2ccc(F)cc2)cc1. The van der Waals surface area contributed by atoms with Crippen LogP contribution >= 0.6 is 0 Å². The summed E-state index contributed by atoms with van der Waals surface area (Å²) in [5, 5.41) is 0. The first-order valence-electron chi connectivity index (χ1n) is 7.35. The first-order chi connectivity index (χ1) is 11.0. The lowest BCUT2D eigenvalue weighted by atomic mass is 10.1. The van der Waals surface area contributed by atoms with Crippen molar-refractivity contribution < 1.29 is 13.9 Å². The zero-order valence-electron chi connectivity index (χ0n) is 13.5. The highest BCUT2D eigenvalue weighted by Crippen LogP contribution is 2.22. The van der Waals surface area contributed by atoms with Gasteiger partial charge in [0.25, 0.3) is 0 Å². The summed E-state index contributed by atoms with van der Waals surface area (Å²) in [5.41, 5.74) is 1.81. The zero-order valence-corrected chi connectivity index (χ0v) is 13.5. The summed E-state index contributed by atoms with van der Waals surface area (Å²) in [6.45, 7) is 1.96. The van der Waals surface area contributed by atoms with Gasteiger partial charge in [0.1, 0.15) is 11.6 Å². The van der Waals surface area contributed by atoms with E-state index in [0.717, 1.165) is 16.9 Å². The third kappa shape index (κ3) is 4.42. The van der Waals surface area contributed by atoms with Crippen LogP contribution in [0.5, 0.6) is 5.75 Å². The second-order valence-corrected chi connectivity index (χ2v) is 5.28. The van der Waals surface area contributed by atoms with Gasteiger partial charge < -0.3 is 9.64 Å². The average molecular weight is 313 g/mol. The number of halogens is 1. The number of ether oxygens (including phenoxy) is 1. The van der Waals surface area contributed by atoms with Gasteiger partial charge in [-0.05, 0) is 48.4 Å². The summed E-state index contributed by atoms with van der Waals surface area (Å²) >= 11 is 0. The van der Waals surface area contributed by atoms with Crippen molar-refractivity contribution in [2.75, 3.05) is 14.2 Å². The molecule has 0 aliphatic carbocycles. The molecule has 0 aliphatic rings. The molecule has 0 saturated heterocycles. The summed E-state index contributed by atoms with van der Waals surface area (Å²) in [6, 6.07) is 13.6. The summed E-state index contributed by atoms with van der Waals surface area (Å²) < 4.78 is 18.0. The molecule has 0 N–H and O–H groups in total. The number of carbonyl (C=O) groups is 1. The lowest BCUT2D eigenvalue weighted by Gasteiger charge is -2.24. The Labute approximate surface area is 136 Å². The molecular weight excluding hydrogens is 293 g/mol. The Bertz CT molecular complexity index is 678. The van der Waals surface area contributed by atoms with Gasteiger partial charge in [-0.2, -0.15) is 0 Å². The van der Waals surface area contributed by atoms with E-state index in [2.05, 4.69) is 0 Å². The fraction of sp³-hybridized carbons (Fsp3) is 0.211. The minimum absolute atomic E-state index is 0.0636. The van der Waals surface area contributed by atoms with Gasteiger partial charge in [-0.15, -0.1) is 0 Å². The van der Waals surface area contributed by atoms with Crippen molar-refractivity contribution in [1.29, 1.82) is 0 Å². The van der Waals surface area contributed by atoms with Crippen LogP contribution in [0.4, 0.5) is 4.39 Å². The fourth-order valence-electron chi connectivity index (χ4n) is 2.16. The Balaban J connectivity index is 2.04. The Morgan fingerprint density at radius 2 is 1.74 bits per heavy atom. The zero-order chi connectivity index (χ0) is 16.8. The van der Waals surface area contributed by atoms with E-state index in [1.54, 1.807) is 37.3 Å². The molecule has 1 unspecified atom stereocenters. The molecule has 0 radical (unpaired) electrons. The summed E-state index contributed by atoms with van der Waals surface area (Å²) in [4.78, 5) is 13.9. The van der Waals surface area contributed by atoms with Gasteiger partial charge >= 0.3 is 0 Å². The van der Waals surface area contributed by atoms with Crippen LogP contribution in [0.15, 0.2) is 54.6 Å². The van der Waals surface area contributed by atoms with Crippen molar-refractivity contribution in [3.05, 3.63) is 71.6 Å². The largest absolute Gasteiger partial charge is 0.497 e. The fourth-order valence-corrected chi connectivity index (χ4v) is 2.16. The lowest BCUT2D eigenvalue weighted by Crippen LogP contribution is -2.27. The summed E-state index contributed by atoms with van der Waals surface area (Å²) in [6.07, 6.45) is 3.17. The Morgan fingerprint density at radius 3 is 2.30 bits per heavy atom. The van der Waals surface area contributed by atoms with E-state index >= 15 is 0 Å². The van der Waals surface area contributed by atoms with Crippen LogP contribution in [0.3, 0.4) is 0 Å². The standard InChI is InChI=1S/C19H20FNO2/c1-14(16-7-11-18(23-3)12-8-16)21(2)19(22)13-6-15-4-9-17(20)10-5-15/h4-14H,1-3H3/b13-6+. The number of rotatable bonds is 5. The third-order valence-corrected chi connectivity index (χ3v) is 3.82. The van der Waals surface area contributed by atoms with Crippen LogP contribution in [0.1, 0.15) is 24.1 Å². The molecule has 0 fully saturated rings. The summed E-state index contributed by atoms with van der Waals surface area (Å²) in [7, 11) is 3.38. The highest BCUT2D eigenvalue weighted by atomic mass is 19.1. The molecule has 23 heavy (non-hydrogen) atoms. The van der Waals surface area contributed by atoms with Gasteiger partial charge in [0.15, 0.2) is 0 Å². The molecular formula is C19H20FNO2. The lowest BCUT2D eigenvalue weighted by molar-refractivity contribution is -0.126. The van der Waals surface area contributed by atoms with Gasteiger partial charge in [-0.1, -0.05) is 24.3 Å². The molecule has 1 atom stereocenters. The molecule has 2 rings (SSSR count). The van der Waals surface area contributed by atoms with Crippen LogP contribution in [-0.2, 0) is 4.79 Å². The van der Waals surface area contributed by atoms with Crippen molar-refractivity contribution in [3.8, 4) is 5.75 Å². The van der Waals surface area contributed by atoms with Crippen LogP contribution in [0.2, 0.25) is 0 Å². The average Bonchev–Trinajstić information content (AvgIpc) is 2.59. The maximum absolute atomic E-state index is 12.9. The van der Waals surface area contributed by atoms with Gasteiger partial charge in [-0.3, -0.25) is 4.79 Å². The van der Waals surface area contributed by atoms with Gasteiger partial charge in [0.2, 0.25) is 5.91 Å². The predicted octanol–water partition coefficient (Wildman–Crippen LogP) is 4.07. The summed E-state index contributed by atoms with van der Waals surface area (Å²) in [5.74, 6) is 0.377. The number of hydrogen-bond donors (Lipinski definition) is 0. The molecule has 0 spiro atoms. The molecule has 0 aromatic heterocycles. The van der Waals surface area contributed by atoms with E-state index in [-0.39, 0.29) is 17.8 Å². The minimum atomic E-state index is -0.293. The molecule has 0 saturated carbocycles. The Morgan fingerprint density at radius 1 is 1.13 bits per heavy atom. The first-order valence-corrected chi connectivity index (χ1v) is 7.35. The van der Waals surface area contributed by atoms with E-state index < -0.39 is 0 Å². The Hall–Kier alpha value is -2.62. The van der Waals surface area contributed by atoms with E-state index in [9.17, 15) is 9.18 Å². The first kappa shape index (κ1) is 16.7. The second kappa shape index (κ2) is 7.58. The van der Waals surface area contributed by atoms with E-state index in [4.69, 9.17) is 4.74 Å². The monoisotopic (exact) mass is 313 g/mol. The number of carbonyl (C=O) groups excluding carboxylic acids is 1. The predicted molar refractivity (Wildman–Crippen MR) is 89.6 cm³/mol. The number of hydrogen-bond acceptors (Lipinski definition) is 2. The molecule has 2 aromatic carbocycles. The van der Waals surface area contributed by atoms with Crippen LogP contribution in [-0.4, -0.2) is 25.0 Å². The topological polar surface area (TPSA) is 29.5 Å². The van der Waals surface area contributed by atoms with Crippen molar-refractivity contribution in [3.63, 3.8) is 0 Å². The van der Waals surface area contributed by atoms with E-state index in [1.165, 1.54) is 18.2 Å². The van der Waals surface area contributed by atoms with Gasteiger partial charge in [-0.25, -0.2) is 4.39 Å². The molecule has 3 nitrogen and oxygen atoms in total. The molecule has 4 heteroatoms. The molecule has 0 heterocycles. The number of amides is 1. The van der Waals surface area contributed by atoms with Crippen LogP contribution < -0.4 is 4.74 Å². The quantitative estimate of drug-likeness (QED) is 0.779. The maximum Gasteiger partial charge on any atom is 0.246 e. The molecule has 0 bridgehead atoms. The number of nitrogens with zero attached hydrogens (tertiary/aromatic N) is 1. The van der Waals surface area contributed by atoms with Crippen molar-refractivity contribution in [2.45, 2.75) is 13.0 Å². The Kier molecular flexibility index (Phi) is 5.52. The third-order valence-electron chi connectivity index (χ3n) is 3.82. The van der Waals surface area contributed by atoms with E-state index in [0.29, 0.717) is 0 Å². The highest BCUT2D eigenvalue weighted by molar-refractivity contribution is 5.91.